The number of nitrogens with one attached hydrogen (secondary N) is 2. The molecule has 0 fully saturated rings. The van der Waals surface area contributed by atoms with Crippen LogP contribution in [0.1, 0.15) is 21.5 Å². The molecule has 0 radical (unpaired) electrons. The van der Waals surface area contributed by atoms with Gasteiger partial charge in [0.2, 0.25) is 0 Å². The van der Waals surface area contributed by atoms with Crippen LogP contribution in [-0.4, -0.2) is 37.9 Å². The SMILES string of the molecule is CN=C(NCc1cccc(C(=O)NC)c1)N(C)Cc1ccc(Cl)c(Cl)c1. The van der Waals surface area contributed by atoms with Crippen molar-refractivity contribution in [2.24, 2.45) is 4.99 Å². The molecule has 5 nitrogen and oxygen atoms in total. The molecule has 2 aromatic carbocycles. The van der Waals surface area contributed by atoms with Crippen LogP contribution < -0.4 is 10.6 Å². The molecule has 0 aliphatic heterocycles. The second-order valence-electron chi connectivity index (χ2n) is 5.78. The Morgan fingerprint density at radius 1 is 1.12 bits per heavy atom. The van der Waals surface area contributed by atoms with Crippen LogP contribution >= 0.6 is 23.2 Å². The van der Waals surface area contributed by atoms with Gasteiger partial charge in [0.05, 0.1) is 10.0 Å². The first-order valence-electron chi connectivity index (χ1n) is 8.11. The number of amides is 1. The third-order valence-electron chi connectivity index (χ3n) is 3.84. The predicted octanol–water partition coefficient (Wildman–Crippen LogP) is 3.56. The Labute approximate surface area is 164 Å². The molecule has 1 amide bonds. The van der Waals surface area contributed by atoms with Crippen molar-refractivity contribution in [1.29, 1.82) is 0 Å². The number of rotatable bonds is 5. The Hall–Kier alpha value is -2.24. The lowest BCUT2D eigenvalue weighted by Crippen LogP contribution is -2.38. The largest absolute Gasteiger partial charge is 0.355 e. The highest BCUT2D eigenvalue weighted by Gasteiger charge is 2.09. The van der Waals surface area contributed by atoms with Gasteiger partial charge >= 0.3 is 0 Å². The van der Waals surface area contributed by atoms with Gasteiger partial charge in [0.15, 0.2) is 5.96 Å². The topological polar surface area (TPSA) is 56.7 Å². The first kappa shape index (κ1) is 20.1. The maximum atomic E-state index is 11.7. The summed E-state index contributed by atoms with van der Waals surface area (Å²) in [6.07, 6.45) is 0. The van der Waals surface area contributed by atoms with E-state index in [1.54, 1.807) is 26.2 Å². The number of hydrogen-bond donors (Lipinski definition) is 2. The van der Waals surface area contributed by atoms with Crippen LogP contribution in [-0.2, 0) is 13.1 Å². The average Bonchev–Trinajstić information content (AvgIpc) is 2.64. The fourth-order valence-corrected chi connectivity index (χ4v) is 2.84. The molecule has 0 bridgehead atoms. The Morgan fingerprint density at radius 2 is 1.88 bits per heavy atom. The number of carbonyl (C=O) groups excluding carboxylic acids is 1. The minimum atomic E-state index is -0.104. The van der Waals surface area contributed by atoms with Crippen LogP contribution in [0.4, 0.5) is 0 Å². The Bertz CT molecular complexity index is 808. The molecular formula is C19H22Cl2N4O. The van der Waals surface area contributed by atoms with Crippen LogP contribution in [0.2, 0.25) is 10.0 Å². The molecule has 0 unspecified atom stereocenters. The number of nitrogens with zero attached hydrogens (tertiary/aromatic N) is 2. The molecule has 0 spiro atoms. The van der Waals surface area contributed by atoms with Crippen molar-refractivity contribution in [2.45, 2.75) is 13.1 Å². The zero-order chi connectivity index (χ0) is 19.1. The molecule has 26 heavy (non-hydrogen) atoms. The molecule has 2 N–H and O–H groups in total. The predicted molar refractivity (Wildman–Crippen MR) is 108 cm³/mol. The van der Waals surface area contributed by atoms with E-state index in [-0.39, 0.29) is 5.91 Å². The van der Waals surface area contributed by atoms with Crippen molar-refractivity contribution in [2.75, 3.05) is 21.1 Å². The monoisotopic (exact) mass is 392 g/mol. The first-order valence-corrected chi connectivity index (χ1v) is 8.87. The summed E-state index contributed by atoms with van der Waals surface area (Å²) >= 11 is 12.0. The van der Waals surface area contributed by atoms with E-state index < -0.39 is 0 Å². The Balaban J connectivity index is 2.00. The molecule has 2 rings (SSSR count). The van der Waals surface area contributed by atoms with Crippen LogP contribution in [0.25, 0.3) is 0 Å². The highest BCUT2D eigenvalue weighted by atomic mass is 35.5. The van der Waals surface area contributed by atoms with Crippen molar-refractivity contribution >= 4 is 35.1 Å². The van der Waals surface area contributed by atoms with E-state index >= 15 is 0 Å². The molecule has 0 saturated carbocycles. The first-order chi connectivity index (χ1) is 12.4. The molecule has 2 aromatic rings. The van der Waals surface area contributed by atoms with Gasteiger partial charge in [-0.25, -0.2) is 0 Å². The van der Waals surface area contributed by atoms with Crippen LogP contribution in [0.3, 0.4) is 0 Å². The molecule has 0 aliphatic rings. The summed E-state index contributed by atoms with van der Waals surface area (Å²) in [5.41, 5.74) is 2.66. The van der Waals surface area contributed by atoms with E-state index in [9.17, 15) is 4.79 Å². The number of halogens is 2. The van der Waals surface area contributed by atoms with Gasteiger partial charge in [0.1, 0.15) is 0 Å². The summed E-state index contributed by atoms with van der Waals surface area (Å²) in [5, 5.41) is 7.00. The summed E-state index contributed by atoms with van der Waals surface area (Å²) in [7, 11) is 5.29. The summed E-state index contributed by atoms with van der Waals surface area (Å²) in [6, 6.07) is 13.0. The lowest BCUT2D eigenvalue weighted by atomic mass is 10.1. The maximum Gasteiger partial charge on any atom is 0.251 e. The number of carbonyl (C=O) groups is 1. The Morgan fingerprint density at radius 3 is 2.54 bits per heavy atom. The maximum absolute atomic E-state index is 11.7. The van der Waals surface area contributed by atoms with Crippen molar-refractivity contribution in [3.63, 3.8) is 0 Å². The van der Waals surface area contributed by atoms with E-state index in [0.29, 0.717) is 28.7 Å². The second kappa shape index (κ2) is 9.46. The molecule has 0 saturated heterocycles. The van der Waals surface area contributed by atoms with Gasteiger partial charge in [0.25, 0.3) is 5.91 Å². The summed E-state index contributed by atoms with van der Waals surface area (Å²) in [5.74, 6) is 0.634. The molecule has 0 aliphatic carbocycles. The van der Waals surface area contributed by atoms with Crippen molar-refractivity contribution < 1.29 is 4.79 Å². The van der Waals surface area contributed by atoms with E-state index in [2.05, 4.69) is 15.6 Å². The van der Waals surface area contributed by atoms with E-state index in [4.69, 9.17) is 23.2 Å². The highest BCUT2D eigenvalue weighted by molar-refractivity contribution is 6.42. The molecular weight excluding hydrogens is 371 g/mol. The lowest BCUT2D eigenvalue weighted by molar-refractivity contribution is 0.0963. The van der Waals surface area contributed by atoms with E-state index in [1.165, 1.54) is 0 Å². The van der Waals surface area contributed by atoms with Gasteiger partial charge < -0.3 is 15.5 Å². The Kier molecular flexibility index (Phi) is 7.30. The molecule has 7 heteroatoms. The number of guanidine groups is 1. The summed E-state index contributed by atoms with van der Waals surface area (Å²) in [4.78, 5) is 18.0. The van der Waals surface area contributed by atoms with Crippen molar-refractivity contribution in [3.8, 4) is 0 Å². The van der Waals surface area contributed by atoms with Crippen LogP contribution in [0.5, 0.6) is 0 Å². The lowest BCUT2D eigenvalue weighted by Gasteiger charge is -2.22. The van der Waals surface area contributed by atoms with Crippen molar-refractivity contribution in [1.82, 2.24) is 15.5 Å². The standard InChI is InChI=1S/C19H22Cl2N4O/c1-22-18(26)15-6-4-5-13(9-15)11-24-19(23-2)25(3)12-14-7-8-16(20)17(21)10-14/h4-10H,11-12H2,1-3H3,(H,22,26)(H,23,24). The van der Waals surface area contributed by atoms with Gasteiger partial charge in [-0.15, -0.1) is 0 Å². The third kappa shape index (κ3) is 5.38. The zero-order valence-corrected chi connectivity index (χ0v) is 16.5. The fraction of sp³-hybridized carbons (Fsp3) is 0.263. The average molecular weight is 393 g/mol. The minimum Gasteiger partial charge on any atom is -0.355 e. The molecule has 0 atom stereocenters. The zero-order valence-electron chi connectivity index (χ0n) is 15.0. The third-order valence-corrected chi connectivity index (χ3v) is 4.58. The highest BCUT2D eigenvalue weighted by Crippen LogP contribution is 2.23. The molecule has 0 heterocycles. The van der Waals surface area contributed by atoms with Crippen LogP contribution in [0.15, 0.2) is 47.5 Å². The van der Waals surface area contributed by atoms with Gasteiger partial charge in [-0.2, -0.15) is 0 Å². The number of hydrogen-bond acceptors (Lipinski definition) is 2. The summed E-state index contributed by atoms with van der Waals surface area (Å²) in [6.45, 7) is 1.19. The van der Waals surface area contributed by atoms with E-state index in [1.807, 2.05) is 42.3 Å². The van der Waals surface area contributed by atoms with Crippen LogP contribution in [0, 0.1) is 0 Å². The van der Waals surface area contributed by atoms with Gasteiger partial charge in [-0.05, 0) is 35.4 Å². The van der Waals surface area contributed by atoms with Gasteiger partial charge in [-0.3, -0.25) is 9.79 Å². The minimum absolute atomic E-state index is 0.104. The quantitative estimate of drug-likeness (QED) is 0.603. The number of aliphatic imine (C=N–C) groups is 1. The smallest absolute Gasteiger partial charge is 0.251 e. The normalized spacial score (nSPS) is 11.2. The molecule has 0 aromatic heterocycles. The summed E-state index contributed by atoms with van der Waals surface area (Å²) < 4.78 is 0. The molecule has 138 valence electrons. The van der Waals surface area contributed by atoms with Gasteiger partial charge in [-0.1, -0.05) is 41.4 Å². The fourth-order valence-electron chi connectivity index (χ4n) is 2.52. The number of benzene rings is 2. The van der Waals surface area contributed by atoms with Gasteiger partial charge in [0, 0.05) is 39.8 Å². The van der Waals surface area contributed by atoms with Crippen molar-refractivity contribution in [3.05, 3.63) is 69.2 Å². The van der Waals surface area contributed by atoms with E-state index in [0.717, 1.165) is 17.1 Å². The second-order valence-corrected chi connectivity index (χ2v) is 6.60.